The number of halogens is 1. The Labute approximate surface area is 198 Å². The maximum absolute atomic E-state index is 14.9. The normalized spacial score (nSPS) is 17.8. The van der Waals surface area contributed by atoms with E-state index >= 15 is 0 Å². The maximum atomic E-state index is 14.9. The zero-order valence-electron chi connectivity index (χ0n) is 19.5. The van der Waals surface area contributed by atoms with E-state index in [1.807, 2.05) is 31.7 Å². The second-order valence-electron chi connectivity index (χ2n) is 8.63. The van der Waals surface area contributed by atoms with Crippen LogP contribution in [0.4, 0.5) is 21.5 Å². The van der Waals surface area contributed by atoms with E-state index in [1.165, 1.54) is 6.07 Å². The number of anilines is 3. The number of rotatable bonds is 5. The summed E-state index contributed by atoms with van der Waals surface area (Å²) in [6.45, 7) is 6.99. The molecule has 0 radical (unpaired) electrons. The highest BCUT2D eigenvalue weighted by Gasteiger charge is 2.24. The van der Waals surface area contributed by atoms with Gasteiger partial charge < -0.3 is 20.3 Å². The molecule has 1 aliphatic heterocycles. The molecule has 1 fully saturated rings. The zero-order chi connectivity index (χ0) is 24.2. The molecule has 2 amide bonds. The number of hydrogen-bond donors (Lipinski definition) is 2. The molecule has 34 heavy (non-hydrogen) atoms. The summed E-state index contributed by atoms with van der Waals surface area (Å²) >= 11 is 0. The van der Waals surface area contributed by atoms with Crippen molar-refractivity contribution in [1.29, 1.82) is 0 Å². The summed E-state index contributed by atoms with van der Waals surface area (Å²) in [6, 6.07) is 18.6. The van der Waals surface area contributed by atoms with E-state index in [0.29, 0.717) is 41.3 Å². The lowest BCUT2D eigenvalue weighted by Crippen LogP contribution is -2.45. The van der Waals surface area contributed by atoms with Gasteiger partial charge in [0.1, 0.15) is 5.82 Å². The van der Waals surface area contributed by atoms with Crippen LogP contribution in [0.2, 0.25) is 0 Å². The highest BCUT2D eigenvalue weighted by atomic mass is 19.1. The lowest BCUT2D eigenvalue weighted by Gasteiger charge is -2.37. The van der Waals surface area contributed by atoms with Crippen LogP contribution >= 0.6 is 0 Å². The first-order chi connectivity index (χ1) is 16.3. The third kappa shape index (κ3) is 5.43. The quantitative estimate of drug-likeness (QED) is 0.544. The number of hydrogen-bond acceptors (Lipinski definition) is 4. The molecule has 0 aliphatic carbocycles. The number of benzene rings is 3. The van der Waals surface area contributed by atoms with Gasteiger partial charge in [0.15, 0.2) is 0 Å². The van der Waals surface area contributed by atoms with Gasteiger partial charge in [-0.25, -0.2) is 4.39 Å². The average molecular weight is 462 g/mol. The Balaban J connectivity index is 1.47. The van der Waals surface area contributed by atoms with Gasteiger partial charge in [-0.15, -0.1) is 0 Å². The zero-order valence-corrected chi connectivity index (χ0v) is 19.5. The predicted octanol–water partition coefficient (Wildman–Crippen LogP) is 5.25. The van der Waals surface area contributed by atoms with Crippen molar-refractivity contribution in [2.75, 3.05) is 28.6 Å². The highest BCUT2D eigenvalue weighted by molar-refractivity contribution is 6.07. The lowest BCUT2D eigenvalue weighted by molar-refractivity contribution is -0.00539. The molecule has 2 unspecified atom stereocenters. The van der Waals surface area contributed by atoms with E-state index in [1.54, 1.807) is 54.6 Å². The standard InChI is InChI=1S/C27H28FN3O3/c1-17-9-10-21(13-24(17)30-26(32)20-7-5-4-6-8-20)27(33)29-22-11-12-25(23(28)14-22)31-15-18(2)34-19(3)16-31/h4-14,18-19H,15-16H2,1-3H3,(H,29,33)(H,30,32). The fourth-order valence-corrected chi connectivity index (χ4v) is 4.10. The van der Waals surface area contributed by atoms with E-state index in [-0.39, 0.29) is 18.1 Å². The van der Waals surface area contributed by atoms with Crippen LogP contribution in [0.15, 0.2) is 66.7 Å². The first-order valence-corrected chi connectivity index (χ1v) is 11.3. The van der Waals surface area contributed by atoms with Crippen LogP contribution in [-0.4, -0.2) is 37.1 Å². The Morgan fingerprint density at radius 3 is 2.24 bits per heavy atom. The molecule has 0 spiro atoms. The minimum atomic E-state index is -0.404. The van der Waals surface area contributed by atoms with Crippen LogP contribution in [0.3, 0.4) is 0 Å². The van der Waals surface area contributed by atoms with Gasteiger partial charge in [-0.1, -0.05) is 24.3 Å². The molecule has 6 nitrogen and oxygen atoms in total. The van der Waals surface area contributed by atoms with Crippen LogP contribution in [0.5, 0.6) is 0 Å². The lowest BCUT2D eigenvalue weighted by atomic mass is 10.1. The summed E-state index contributed by atoms with van der Waals surface area (Å²) < 4.78 is 20.6. The molecule has 1 aliphatic rings. The van der Waals surface area contributed by atoms with Crippen LogP contribution < -0.4 is 15.5 Å². The Bertz CT molecular complexity index is 1190. The van der Waals surface area contributed by atoms with Crippen molar-refractivity contribution in [3.63, 3.8) is 0 Å². The van der Waals surface area contributed by atoms with Crippen molar-refractivity contribution in [3.8, 4) is 0 Å². The van der Waals surface area contributed by atoms with Crippen LogP contribution in [0, 0.1) is 12.7 Å². The molecular weight excluding hydrogens is 433 g/mol. The largest absolute Gasteiger partial charge is 0.372 e. The molecule has 3 aromatic rings. The molecule has 0 aromatic heterocycles. The van der Waals surface area contributed by atoms with Gasteiger partial charge in [-0.05, 0) is 68.8 Å². The Morgan fingerprint density at radius 1 is 0.882 bits per heavy atom. The summed E-state index contributed by atoms with van der Waals surface area (Å²) in [6.07, 6.45) is 0.0290. The van der Waals surface area contributed by atoms with Crippen LogP contribution in [0.25, 0.3) is 0 Å². The Kier molecular flexibility index (Phi) is 6.93. The van der Waals surface area contributed by atoms with Crippen LogP contribution in [-0.2, 0) is 4.74 Å². The third-order valence-corrected chi connectivity index (χ3v) is 5.75. The fourth-order valence-electron chi connectivity index (χ4n) is 4.10. The average Bonchev–Trinajstić information content (AvgIpc) is 2.80. The second-order valence-corrected chi connectivity index (χ2v) is 8.63. The molecule has 3 aromatic carbocycles. The number of carbonyl (C=O) groups excluding carboxylic acids is 2. The Morgan fingerprint density at radius 2 is 1.56 bits per heavy atom. The van der Waals surface area contributed by atoms with Gasteiger partial charge in [0, 0.05) is 35.6 Å². The SMILES string of the molecule is Cc1ccc(C(=O)Nc2ccc(N3CC(C)OC(C)C3)c(F)c2)cc1NC(=O)c1ccccc1. The minimum absolute atomic E-state index is 0.0145. The number of amides is 2. The summed E-state index contributed by atoms with van der Waals surface area (Å²) in [5.74, 6) is -1.06. The van der Waals surface area contributed by atoms with Crippen molar-refractivity contribution >= 4 is 28.9 Å². The number of nitrogens with zero attached hydrogens (tertiary/aromatic N) is 1. The number of morpholine rings is 1. The van der Waals surface area contributed by atoms with E-state index in [0.717, 1.165) is 5.56 Å². The highest BCUT2D eigenvalue weighted by Crippen LogP contribution is 2.27. The smallest absolute Gasteiger partial charge is 0.255 e. The fraction of sp³-hybridized carbons (Fsp3) is 0.259. The van der Waals surface area contributed by atoms with Gasteiger partial charge in [-0.3, -0.25) is 9.59 Å². The molecule has 0 saturated carbocycles. The first kappa shape index (κ1) is 23.4. The molecule has 1 saturated heterocycles. The molecular formula is C27H28FN3O3. The third-order valence-electron chi connectivity index (χ3n) is 5.75. The predicted molar refractivity (Wildman–Crippen MR) is 132 cm³/mol. The number of aryl methyl sites for hydroxylation is 1. The second kappa shape index (κ2) is 10.1. The van der Waals surface area contributed by atoms with Gasteiger partial charge in [0.05, 0.1) is 17.9 Å². The van der Waals surface area contributed by atoms with Gasteiger partial charge >= 0.3 is 0 Å². The van der Waals surface area contributed by atoms with Crippen molar-refractivity contribution in [2.45, 2.75) is 33.0 Å². The molecule has 0 bridgehead atoms. The molecule has 2 atom stereocenters. The van der Waals surface area contributed by atoms with Crippen molar-refractivity contribution in [3.05, 3.63) is 89.2 Å². The van der Waals surface area contributed by atoms with E-state index in [9.17, 15) is 14.0 Å². The van der Waals surface area contributed by atoms with E-state index in [4.69, 9.17) is 4.74 Å². The number of ether oxygens (including phenoxy) is 1. The summed E-state index contributed by atoms with van der Waals surface area (Å²) in [7, 11) is 0. The first-order valence-electron chi connectivity index (χ1n) is 11.3. The molecule has 7 heteroatoms. The van der Waals surface area contributed by atoms with E-state index < -0.39 is 11.7 Å². The van der Waals surface area contributed by atoms with E-state index in [2.05, 4.69) is 10.6 Å². The molecule has 4 rings (SSSR count). The maximum Gasteiger partial charge on any atom is 0.255 e. The number of carbonyl (C=O) groups is 2. The molecule has 176 valence electrons. The monoisotopic (exact) mass is 461 g/mol. The summed E-state index contributed by atoms with van der Waals surface area (Å²) in [5.41, 5.74) is 3.09. The molecule has 1 heterocycles. The summed E-state index contributed by atoms with van der Waals surface area (Å²) in [5, 5.41) is 5.59. The topological polar surface area (TPSA) is 70.7 Å². The van der Waals surface area contributed by atoms with Crippen LogP contribution in [0.1, 0.15) is 40.1 Å². The minimum Gasteiger partial charge on any atom is -0.372 e. The van der Waals surface area contributed by atoms with Crippen molar-refractivity contribution < 1.29 is 18.7 Å². The van der Waals surface area contributed by atoms with Crippen molar-refractivity contribution in [1.82, 2.24) is 0 Å². The summed E-state index contributed by atoms with van der Waals surface area (Å²) in [4.78, 5) is 27.3. The van der Waals surface area contributed by atoms with Crippen molar-refractivity contribution in [2.24, 2.45) is 0 Å². The van der Waals surface area contributed by atoms with Gasteiger partial charge in [-0.2, -0.15) is 0 Å². The number of nitrogens with one attached hydrogen (secondary N) is 2. The van der Waals surface area contributed by atoms with Gasteiger partial charge in [0.2, 0.25) is 0 Å². The Hall–Kier alpha value is -3.71. The van der Waals surface area contributed by atoms with Gasteiger partial charge in [0.25, 0.3) is 11.8 Å². The molecule has 2 N–H and O–H groups in total.